The first-order valence-electron chi connectivity index (χ1n) is 6.35. The first kappa shape index (κ1) is 14.5. The first-order valence-corrected chi connectivity index (χ1v) is 6.35. The summed E-state index contributed by atoms with van der Waals surface area (Å²) in [6.45, 7) is 5.31. The van der Waals surface area contributed by atoms with Gasteiger partial charge in [0.25, 0.3) is 0 Å². The summed E-state index contributed by atoms with van der Waals surface area (Å²) in [5.41, 5.74) is 0.775. The van der Waals surface area contributed by atoms with Gasteiger partial charge in [-0.3, -0.25) is 4.79 Å². The summed E-state index contributed by atoms with van der Waals surface area (Å²) >= 11 is 0. The highest BCUT2D eigenvalue weighted by Crippen LogP contribution is 2.18. The van der Waals surface area contributed by atoms with Crippen molar-refractivity contribution in [1.82, 2.24) is 5.32 Å². The van der Waals surface area contributed by atoms with E-state index in [1.165, 1.54) is 0 Å². The third-order valence-electron chi connectivity index (χ3n) is 2.53. The van der Waals surface area contributed by atoms with Crippen molar-refractivity contribution in [3.63, 3.8) is 0 Å². The summed E-state index contributed by atoms with van der Waals surface area (Å²) in [5, 5.41) is 5.87. The molecule has 0 spiro atoms. The van der Waals surface area contributed by atoms with Crippen LogP contribution in [0.15, 0.2) is 24.3 Å². The Hall–Kier alpha value is -1.55. The molecule has 100 valence electrons. The number of ether oxygens (including phenoxy) is 1. The Bertz CT molecular complexity index is 380. The van der Waals surface area contributed by atoms with Gasteiger partial charge in [0.15, 0.2) is 0 Å². The molecule has 4 nitrogen and oxygen atoms in total. The molecule has 0 saturated heterocycles. The fourth-order valence-corrected chi connectivity index (χ4v) is 1.55. The molecule has 0 aliphatic rings. The van der Waals surface area contributed by atoms with Crippen molar-refractivity contribution in [2.24, 2.45) is 5.92 Å². The number of anilines is 1. The van der Waals surface area contributed by atoms with E-state index in [0.29, 0.717) is 13.2 Å². The second-order valence-corrected chi connectivity index (χ2v) is 4.32. The van der Waals surface area contributed by atoms with Crippen molar-refractivity contribution < 1.29 is 9.53 Å². The van der Waals surface area contributed by atoms with Gasteiger partial charge in [-0.1, -0.05) is 19.9 Å². The molecule has 1 aromatic rings. The maximum Gasteiger partial charge on any atom is 0.228 e. The van der Waals surface area contributed by atoms with Crippen LogP contribution in [0.1, 0.15) is 20.3 Å². The Labute approximate surface area is 109 Å². The Morgan fingerprint density at radius 2 is 2.22 bits per heavy atom. The highest BCUT2D eigenvalue weighted by Gasteiger charge is 2.11. The van der Waals surface area contributed by atoms with Crippen LogP contribution in [0.3, 0.4) is 0 Å². The third kappa shape index (κ3) is 4.75. The van der Waals surface area contributed by atoms with Crippen LogP contribution < -0.4 is 15.4 Å². The van der Waals surface area contributed by atoms with Crippen LogP contribution >= 0.6 is 0 Å². The minimum absolute atomic E-state index is 0.0111. The van der Waals surface area contributed by atoms with E-state index in [2.05, 4.69) is 17.6 Å². The first-order chi connectivity index (χ1) is 8.67. The molecule has 0 bridgehead atoms. The molecule has 1 rings (SSSR count). The topological polar surface area (TPSA) is 50.4 Å². The zero-order chi connectivity index (χ0) is 13.4. The van der Waals surface area contributed by atoms with E-state index in [4.69, 9.17) is 4.74 Å². The van der Waals surface area contributed by atoms with Crippen LogP contribution in [0.4, 0.5) is 5.69 Å². The Morgan fingerprint density at radius 1 is 1.44 bits per heavy atom. The normalized spacial score (nSPS) is 11.9. The smallest absolute Gasteiger partial charge is 0.228 e. The monoisotopic (exact) mass is 250 g/mol. The van der Waals surface area contributed by atoms with Crippen LogP contribution in [0.5, 0.6) is 5.75 Å². The van der Waals surface area contributed by atoms with Gasteiger partial charge in [-0.05, 0) is 25.6 Å². The fourth-order valence-electron chi connectivity index (χ4n) is 1.55. The number of hydrogen-bond acceptors (Lipinski definition) is 3. The third-order valence-corrected chi connectivity index (χ3v) is 2.53. The molecule has 0 saturated carbocycles. The van der Waals surface area contributed by atoms with Gasteiger partial charge in [-0.2, -0.15) is 0 Å². The van der Waals surface area contributed by atoms with E-state index >= 15 is 0 Å². The average molecular weight is 250 g/mol. The van der Waals surface area contributed by atoms with Gasteiger partial charge in [0.2, 0.25) is 5.91 Å². The maximum atomic E-state index is 11.8. The molecule has 0 aliphatic heterocycles. The number of rotatable bonds is 7. The molecule has 2 N–H and O–H groups in total. The predicted molar refractivity (Wildman–Crippen MR) is 73.9 cm³/mol. The second-order valence-electron chi connectivity index (χ2n) is 4.32. The van der Waals surface area contributed by atoms with Crippen LogP contribution in [-0.4, -0.2) is 26.1 Å². The lowest BCUT2D eigenvalue weighted by Crippen LogP contribution is -2.28. The summed E-state index contributed by atoms with van der Waals surface area (Å²) in [6.07, 6.45) is 0.968. The molecular weight excluding hydrogens is 228 g/mol. The van der Waals surface area contributed by atoms with Crippen molar-refractivity contribution in [2.45, 2.75) is 20.3 Å². The zero-order valence-electron chi connectivity index (χ0n) is 11.3. The average Bonchev–Trinajstić information content (AvgIpc) is 2.37. The number of nitrogens with one attached hydrogen (secondary N) is 2. The SMILES string of the molecule is CCCOc1cccc(NC(=O)C(C)CNC)c1. The van der Waals surface area contributed by atoms with E-state index in [1.54, 1.807) is 0 Å². The van der Waals surface area contributed by atoms with E-state index in [9.17, 15) is 4.79 Å². The van der Waals surface area contributed by atoms with Crippen molar-refractivity contribution in [3.8, 4) is 5.75 Å². The largest absolute Gasteiger partial charge is 0.494 e. The van der Waals surface area contributed by atoms with Gasteiger partial charge in [0, 0.05) is 24.2 Å². The minimum atomic E-state index is -0.0600. The van der Waals surface area contributed by atoms with Crippen LogP contribution in [0, 0.1) is 5.92 Å². The molecule has 0 aliphatic carbocycles. The molecule has 0 aromatic heterocycles. The van der Waals surface area contributed by atoms with Crippen LogP contribution in [-0.2, 0) is 4.79 Å². The quantitative estimate of drug-likeness (QED) is 0.780. The Morgan fingerprint density at radius 3 is 2.89 bits per heavy atom. The number of carbonyl (C=O) groups excluding carboxylic acids is 1. The molecule has 1 atom stereocenters. The molecule has 18 heavy (non-hydrogen) atoms. The number of hydrogen-bond donors (Lipinski definition) is 2. The fraction of sp³-hybridized carbons (Fsp3) is 0.500. The Balaban J connectivity index is 2.58. The number of carbonyl (C=O) groups is 1. The number of benzene rings is 1. The molecule has 1 aromatic carbocycles. The molecule has 4 heteroatoms. The van der Waals surface area contributed by atoms with E-state index in [-0.39, 0.29) is 11.8 Å². The van der Waals surface area contributed by atoms with Crippen molar-refractivity contribution >= 4 is 11.6 Å². The minimum Gasteiger partial charge on any atom is -0.494 e. The van der Waals surface area contributed by atoms with E-state index in [0.717, 1.165) is 17.9 Å². The summed E-state index contributed by atoms with van der Waals surface area (Å²) in [5.74, 6) is 0.739. The standard InChI is InChI=1S/C14H22N2O2/c1-4-8-18-13-7-5-6-12(9-13)16-14(17)11(2)10-15-3/h5-7,9,11,15H,4,8,10H2,1-3H3,(H,16,17). The molecule has 0 radical (unpaired) electrons. The Kier molecular flexibility index (Phi) is 6.22. The maximum absolute atomic E-state index is 11.8. The molecular formula is C14H22N2O2. The summed E-state index contributed by atoms with van der Waals surface area (Å²) < 4.78 is 5.52. The van der Waals surface area contributed by atoms with Crippen molar-refractivity contribution in [3.05, 3.63) is 24.3 Å². The van der Waals surface area contributed by atoms with E-state index in [1.807, 2.05) is 38.2 Å². The second kappa shape index (κ2) is 7.71. The van der Waals surface area contributed by atoms with Gasteiger partial charge in [0.05, 0.1) is 6.61 Å². The lowest BCUT2D eigenvalue weighted by molar-refractivity contribution is -0.119. The molecule has 0 heterocycles. The predicted octanol–water partition coefficient (Wildman–Crippen LogP) is 2.27. The van der Waals surface area contributed by atoms with Gasteiger partial charge < -0.3 is 15.4 Å². The zero-order valence-corrected chi connectivity index (χ0v) is 11.3. The molecule has 0 fully saturated rings. The highest BCUT2D eigenvalue weighted by molar-refractivity contribution is 5.92. The van der Waals surface area contributed by atoms with Gasteiger partial charge in [-0.25, -0.2) is 0 Å². The van der Waals surface area contributed by atoms with E-state index < -0.39 is 0 Å². The number of amides is 1. The molecule has 1 unspecified atom stereocenters. The van der Waals surface area contributed by atoms with Gasteiger partial charge in [0.1, 0.15) is 5.75 Å². The van der Waals surface area contributed by atoms with Crippen molar-refractivity contribution in [2.75, 3.05) is 25.5 Å². The van der Waals surface area contributed by atoms with Crippen LogP contribution in [0.25, 0.3) is 0 Å². The van der Waals surface area contributed by atoms with Crippen molar-refractivity contribution in [1.29, 1.82) is 0 Å². The van der Waals surface area contributed by atoms with Gasteiger partial charge in [-0.15, -0.1) is 0 Å². The summed E-state index contributed by atoms with van der Waals surface area (Å²) in [7, 11) is 1.84. The van der Waals surface area contributed by atoms with Crippen LogP contribution in [0.2, 0.25) is 0 Å². The highest BCUT2D eigenvalue weighted by atomic mass is 16.5. The lowest BCUT2D eigenvalue weighted by atomic mass is 10.1. The summed E-state index contributed by atoms with van der Waals surface area (Å²) in [6, 6.07) is 7.48. The molecule has 1 amide bonds. The van der Waals surface area contributed by atoms with Gasteiger partial charge >= 0.3 is 0 Å². The summed E-state index contributed by atoms with van der Waals surface area (Å²) in [4.78, 5) is 11.8. The lowest BCUT2D eigenvalue weighted by Gasteiger charge is -2.12.